The third-order valence-electron chi connectivity index (χ3n) is 12.0. The lowest BCUT2D eigenvalue weighted by molar-refractivity contribution is -0.329. The number of rotatable bonds is 11. The molecular weight excluding hydrogens is 640 g/mol. The van der Waals surface area contributed by atoms with Crippen LogP contribution in [-0.4, -0.2) is 131 Å². The minimum Gasteiger partial charge on any atom is -0.481 e. The SMILES string of the molecule is CC(C)(O)[C@@H]1CC(=O)[C@]2(C)[C@H](CC[C@@](C)([C@@H](O[C@@H]3O[C@H](CO)[C@@H](O)[C@H](O)[C@H]3O)c3ccoc3)[C@@]23O[C@@H]3C(=O)O)[C@@]1(CO)[C@H](O)CC(=O)O. The van der Waals surface area contributed by atoms with Crippen molar-refractivity contribution in [1.29, 1.82) is 0 Å². The van der Waals surface area contributed by atoms with Gasteiger partial charge >= 0.3 is 11.9 Å². The first kappa shape index (κ1) is 36.8. The van der Waals surface area contributed by atoms with Crippen molar-refractivity contribution in [2.24, 2.45) is 28.1 Å². The number of ether oxygens (including phenoxy) is 3. The number of furan rings is 1. The Labute approximate surface area is 275 Å². The minimum absolute atomic E-state index is 0.0214. The lowest BCUT2D eigenvalue weighted by atomic mass is 9.37. The highest BCUT2D eigenvalue weighted by Crippen LogP contribution is 2.77. The molecule has 9 N–H and O–H groups in total. The highest BCUT2D eigenvalue weighted by atomic mass is 16.7. The number of aliphatic hydroxyl groups is 7. The number of carboxylic acids is 2. The van der Waals surface area contributed by atoms with Crippen molar-refractivity contribution in [3.8, 4) is 0 Å². The molecule has 16 nitrogen and oxygen atoms in total. The van der Waals surface area contributed by atoms with Gasteiger partial charge in [-0.05, 0) is 45.6 Å². The van der Waals surface area contributed by atoms with Gasteiger partial charge < -0.3 is 64.6 Å². The van der Waals surface area contributed by atoms with Crippen LogP contribution < -0.4 is 0 Å². The van der Waals surface area contributed by atoms with E-state index >= 15 is 0 Å². The number of aliphatic carboxylic acids is 2. The monoisotopic (exact) mass is 686 g/mol. The van der Waals surface area contributed by atoms with Gasteiger partial charge in [0, 0.05) is 28.7 Å². The van der Waals surface area contributed by atoms with Crippen molar-refractivity contribution < 1.29 is 79.0 Å². The van der Waals surface area contributed by atoms with Crippen molar-refractivity contribution in [3.05, 3.63) is 24.2 Å². The molecule has 4 aliphatic rings. The van der Waals surface area contributed by atoms with Crippen LogP contribution in [0.1, 0.15) is 65.0 Å². The third kappa shape index (κ3) is 5.07. The average molecular weight is 687 g/mol. The molecule has 2 saturated heterocycles. The van der Waals surface area contributed by atoms with E-state index < -0.39 is 132 Å². The van der Waals surface area contributed by atoms with Crippen molar-refractivity contribution in [1.82, 2.24) is 0 Å². The van der Waals surface area contributed by atoms with Crippen LogP contribution in [0, 0.1) is 28.1 Å². The number of carboxylic acid groups (broad SMARTS) is 2. The second kappa shape index (κ2) is 12.4. The molecule has 48 heavy (non-hydrogen) atoms. The number of carbonyl (C=O) groups excluding carboxylic acids is 1. The number of carbonyl (C=O) groups is 3. The molecule has 270 valence electrons. The van der Waals surface area contributed by atoms with Gasteiger partial charge in [-0.15, -0.1) is 0 Å². The summed E-state index contributed by atoms with van der Waals surface area (Å²) in [5.74, 6) is -5.62. The van der Waals surface area contributed by atoms with Crippen LogP contribution in [-0.2, 0) is 28.6 Å². The molecule has 2 saturated carbocycles. The number of fused-ring (bicyclic) bond motifs is 2. The summed E-state index contributed by atoms with van der Waals surface area (Å²) in [7, 11) is 0. The molecule has 0 amide bonds. The molecule has 16 heteroatoms. The molecule has 3 heterocycles. The van der Waals surface area contributed by atoms with Crippen molar-refractivity contribution >= 4 is 17.7 Å². The van der Waals surface area contributed by atoms with E-state index in [9.17, 15) is 60.3 Å². The summed E-state index contributed by atoms with van der Waals surface area (Å²) in [5.41, 5.74) is -8.52. The zero-order valence-electron chi connectivity index (χ0n) is 27.1. The Morgan fingerprint density at radius 2 is 1.77 bits per heavy atom. The number of hydrogen-bond acceptors (Lipinski definition) is 14. The average Bonchev–Trinajstić information content (AvgIpc) is 3.57. The second-order valence-electron chi connectivity index (χ2n) is 14.8. The first-order valence-electron chi connectivity index (χ1n) is 15.9. The summed E-state index contributed by atoms with van der Waals surface area (Å²) in [5, 5.41) is 95.6. The molecule has 0 bridgehead atoms. The van der Waals surface area contributed by atoms with Crippen LogP contribution in [0.25, 0.3) is 0 Å². The van der Waals surface area contributed by atoms with E-state index in [1.54, 1.807) is 6.92 Å². The van der Waals surface area contributed by atoms with Crippen LogP contribution in [0.15, 0.2) is 23.0 Å². The van der Waals surface area contributed by atoms with Gasteiger partial charge in [-0.25, -0.2) is 4.79 Å². The van der Waals surface area contributed by atoms with Crippen LogP contribution in [0.5, 0.6) is 0 Å². The maximum absolute atomic E-state index is 14.6. The Hall–Kier alpha value is -2.51. The van der Waals surface area contributed by atoms with Crippen LogP contribution in [0.2, 0.25) is 0 Å². The maximum Gasteiger partial charge on any atom is 0.335 e. The predicted octanol–water partition coefficient (Wildman–Crippen LogP) is -1.04. The number of hydrogen-bond donors (Lipinski definition) is 9. The lowest BCUT2D eigenvalue weighted by Crippen LogP contribution is -2.73. The summed E-state index contributed by atoms with van der Waals surface area (Å²) in [6, 6.07) is 1.50. The van der Waals surface area contributed by atoms with Crippen LogP contribution >= 0.6 is 0 Å². The van der Waals surface area contributed by atoms with Crippen LogP contribution in [0.3, 0.4) is 0 Å². The zero-order chi connectivity index (χ0) is 35.8. The quantitative estimate of drug-likeness (QED) is 0.126. The molecule has 1 aromatic heterocycles. The molecule has 14 atom stereocenters. The van der Waals surface area contributed by atoms with Crippen molar-refractivity contribution in [3.63, 3.8) is 0 Å². The van der Waals surface area contributed by atoms with Crippen LogP contribution in [0.4, 0.5) is 0 Å². The van der Waals surface area contributed by atoms with E-state index in [0.717, 1.165) is 0 Å². The molecule has 1 spiro atoms. The highest BCUT2D eigenvalue weighted by Gasteiger charge is 2.87. The van der Waals surface area contributed by atoms with Gasteiger partial charge in [-0.1, -0.05) is 6.92 Å². The largest absolute Gasteiger partial charge is 0.481 e. The van der Waals surface area contributed by atoms with E-state index in [4.69, 9.17) is 18.6 Å². The molecular formula is C32H46O16. The Balaban J connectivity index is 1.69. The van der Waals surface area contributed by atoms with Gasteiger partial charge in [0.15, 0.2) is 12.4 Å². The fourth-order valence-electron chi connectivity index (χ4n) is 9.73. The van der Waals surface area contributed by atoms with Gasteiger partial charge in [0.25, 0.3) is 0 Å². The Morgan fingerprint density at radius 3 is 2.27 bits per heavy atom. The summed E-state index contributed by atoms with van der Waals surface area (Å²) >= 11 is 0. The summed E-state index contributed by atoms with van der Waals surface area (Å²) < 4.78 is 23.5. The fraction of sp³-hybridized carbons (Fsp3) is 0.781. The zero-order valence-corrected chi connectivity index (χ0v) is 27.1. The number of epoxide rings is 1. The van der Waals surface area contributed by atoms with Crippen molar-refractivity contribution in [2.45, 2.75) is 114 Å². The van der Waals surface area contributed by atoms with E-state index in [-0.39, 0.29) is 12.8 Å². The highest BCUT2D eigenvalue weighted by molar-refractivity contribution is 5.92. The number of ketones is 1. The fourth-order valence-corrected chi connectivity index (χ4v) is 9.73. The van der Waals surface area contributed by atoms with E-state index in [0.29, 0.717) is 5.56 Å². The molecule has 2 aliphatic carbocycles. The number of Topliss-reactive ketones (excluding diaryl/α,β-unsaturated/α-hetero) is 1. The topological polar surface area (TPSA) is 277 Å². The molecule has 0 radical (unpaired) electrons. The molecule has 2 aliphatic heterocycles. The molecule has 5 rings (SSSR count). The van der Waals surface area contributed by atoms with Gasteiger partial charge in [0.05, 0.1) is 55.4 Å². The summed E-state index contributed by atoms with van der Waals surface area (Å²) in [6.07, 6.45) is -11.8. The van der Waals surface area contributed by atoms with E-state index in [1.807, 2.05) is 0 Å². The number of aliphatic hydroxyl groups excluding tert-OH is 6. The second-order valence-corrected chi connectivity index (χ2v) is 14.8. The standard InChI is InChI=1S/C32H46O16/c1-28(2,44)17-9-18(35)30(4)16(31(17,13-34)19(36)10-20(37)38)5-7-29(3,32(30)25(48-32)26(42)43)24(14-6-8-45-12-14)47-27-23(41)22(40)21(39)15(11-33)46-27/h6,8,12,15-17,19,21-25,27,33-34,36,39-41,44H,5,7,9-11,13H2,1-4H3,(H,37,38)(H,42,43)/t15-,16+,17+,19-,21-,22+,23-,24+,25-,27+,29+,30+,31-,32-/m1/s1. The summed E-state index contributed by atoms with van der Waals surface area (Å²) in [4.78, 5) is 39.3. The molecule has 4 fully saturated rings. The minimum atomic E-state index is -1.95. The van der Waals surface area contributed by atoms with E-state index in [1.165, 1.54) is 39.4 Å². The van der Waals surface area contributed by atoms with E-state index in [2.05, 4.69) is 0 Å². The lowest BCUT2D eigenvalue weighted by Gasteiger charge is -2.66. The first-order chi connectivity index (χ1) is 22.3. The van der Waals surface area contributed by atoms with Crippen molar-refractivity contribution in [2.75, 3.05) is 13.2 Å². The predicted molar refractivity (Wildman–Crippen MR) is 158 cm³/mol. The maximum atomic E-state index is 14.6. The normalized spacial score (nSPS) is 44.2. The van der Waals surface area contributed by atoms with Gasteiger partial charge in [0.1, 0.15) is 35.8 Å². The van der Waals surface area contributed by atoms with Gasteiger partial charge in [-0.2, -0.15) is 0 Å². The Kier molecular flexibility index (Phi) is 9.47. The van der Waals surface area contributed by atoms with Gasteiger partial charge in [0.2, 0.25) is 0 Å². The molecule has 0 unspecified atom stereocenters. The molecule has 0 aromatic carbocycles. The smallest absolute Gasteiger partial charge is 0.335 e. The Morgan fingerprint density at radius 1 is 1.10 bits per heavy atom. The molecule has 1 aromatic rings. The Bertz CT molecular complexity index is 1370. The summed E-state index contributed by atoms with van der Waals surface area (Å²) in [6.45, 7) is 4.28. The van der Waals surface area contributed by atoms with Gasteiger partial charge in [-0.3, -0.25) is 9.59 Å². The third-order valence-corrected chi connectivity index (χ3v) is 12.0. The first-order valence-corrected chi connectivity index (χ1v) is 15.9.